The summed E-state index contributed by atoms with van der Waals surface area (Å²) in [7, 11) is 0. The Bertz CT molecular complexity index is 5150. The van der Waals surface area contributed by atoms with Crippen molar-refractivity contribution in [1.29, 1.82) is 0 Å². The van der Waals surface area contributed by atoms with Crippen LogP contribution in [0.5, 0.6) is 0 Å². The van der Waals surface area contributed by atoms with Gasteiger partial charge in [-0.25, -0.2) is 0 Å². The van der Waals surface area contributed by atoms with Crippen LogP contribution in [0.1, 0.15) is 74.9 Å². The van der Waals surface area contributed by atoms with Crippen LogP contribution in [0.15, 0.2) is 206 Å². The van der Waals surface area contributed by atoms with Crippen molar-refractivity contribution in [3.05, 3.63) is 240 Å². The van der Waals surface area contributed by atoms with Gasteiger partial charge in [-0.1, -0.05) is 211 Å². The van der Waals surface area contributed by atoms with Gasteiger partial charge in [0.2, 0.25) is 0 Å². The second-order valence-corrected chi connectivity index (χ2v) is 27.7. The smallest absolute Gasteiger partial charge is 0.0434 e. The van der Waals surface area contributed by atoms with Crippen LogP contribution < -0.4 is 0 Å². The largest absolute Gasteiger partial charge is 0.135 e. The average Bonchev–Trinajstić information content (AvgIpc) is 3.32. The van der Waals surface area contributed by atoms with Crippen molar-refractivity contribution in [3.8, 4) is 66.8 Å². The zero-order valence-electron chi connectivity index (χ0n) is 45.4. The monoisotopic (exact) mass is 1070 g/mol. The Kier molecular flexibility index (Phi) is 8.90. The van der Waals surface area contributed by atoms with Crippen LogP contribution >= 0.6 is 34.0 Å². The molecule has 3 aromatic heterocycles. The third-order valence-electron chi connectivity index (χ3n) is 19.4. The number of thiophene rings is 3. The van der Waals surface area contributed by atoms with Crippen LogP contribution in [-0.2, 0) is 16.2 Å². The number of fused-ring (bicyclic) bond motifs is 25. The molecular weight excluding hydrogens is 1020 g/mol. The molecule has 0 atom stereocenters. The van der Waals surface area contributed by atoms with Gasteiger partial charge in [-0.2, -0.15) is 0 Å². The predicted molar refractivity (Wildman–Crippen MR) is 349 cm³/mol. The predicted octanol–water partition coefficient (Wildman–Crippen LogP) is 23.0. The molecule has 0 nitrogen and oxygen atoms in total. The molecule has 0 fully saturated rings. The number of rotatable bonds is 3. The van der Waals surface area contributed by atoms with Gasteiger partial charge in [0.05, 0.1) is 0 Å². The number of hydrogen-bond acceptors (Lipinski definition) is 3. The van der Waals surface area contributed by atoms with E-state index in [0.29, 0.717) is 0 Å². The van der Waals surface area contributed by atoms with Crippen molar-refractivity contribution >= 4 is 116 Å². The van der Waals surface area contributed by atoms with Crippen LogP contribution in [0, 0.1) is 0 Å². The molecule has 378 valence electrons. The van der Waals surface area contributed by atoms with E-state index in [4.69, 9.17) is 0 Å². The lowest BCUT2D eigenvalue weighted by atomic mass is 9.71. The highest BCUT2D eigenvalue weighted by molar-refractivity contribution is 7.27. The van der Waals surface area contributed by atoms with Crippen LogP contribution in [0.2, 0.25) is 0 Å². The van der Waals surface area contributed by atoms with Crippen LogP contribution in [-0.4, -0.2) is 0 Å². The molecule has 80 heavy (non-hydrogen) atoms. The van der Waals surface area contributed by atoms with E-state index in [9.17, 15) is 0 Å². The Balaban J connectivity index is 0.919. The van der Waals surface area contributed by atoms with E-state index < -0.39 is 0 Å². The lowest BCUT2D eigenvalue weighted by Crippen LogP contribution is -2.22. The molecule has 0 amide bonds. The van der Waals surface area contributed by atoms with Crippen molar-refractivity contribution in [2.45, 2.75) is 57.8 Å². The van der Waals surface area contributed by atoms with Crippen molar-refractivity contribution < 1.29 is 0 Å². The van der Waals surface area contributed by atoms with Gasteiger partial charge in [-0.05, 0) is 158 Å². The first-order valence-electron chi connectivity index (χ1n) is 28.2. The standard InChI is InChI=1S/C77H52S3/c1-75(2)58-33-28-43(48-21-13-24-52-51-20-11-12-27-61(51)78-72(48)52)38-55(58)66-69(75)67-57-40-45(50-23-15-26-54-65-47-19-10-8-17-42(47)32-37-63(65)80-74(50)54)30-35-60(57)77(5,6)71(67)68-56-39-44(29-34-59(56)76(3,4)70(66)68)49-22-14-25-53-64-46-18-9-7-16-41(46)31-36-62(64)79-73(49)53/h7-40H,1-6H3. The van der Waals surface area contributed by atoms with Gasteiger partial charge in [0, 0.05) is 76.8 Å². The minimum atomic E-state index is -0.294. The molecule has 0 unspecified atom stereocenters. The molecule has 18 rings (SSSR count). The molecule has 0 saturated carbocycles. The molecule has 12 aromatic carbocycles. The zero-order valence-corrected chi connectivity index (χ0v) is 47.8. The molecule has 3 heterocycles. The van der Waals surface area contributed by atoms with E-state index in [1.165, 1.54) is 182 Å². The highest BCUT2D eigenvalue weighted by atomic mass is 32.1. The maximum Gasteiger partial charge on any atom is 0.0434 e. The fourth-order valence-electron chi connectivity index (χ4n) is 15.8. The van der Waals surface area contributed by atoms with E-state index in [2.05, 4.69) is 248 Å². The minimum absolute atomic E-state index is 0.289. The fraction of sp³-hybridized carbons (Fsp3) is 0.117. The first-order chi connectivity index (χ1) is 38.9. The second-order valence-electron chi connectivity index (χ2n) is 24.6. The molecule has 0 aliphatic heterocycles. The average molecular weight is 1070 g/mol. The Hall–Kier alpha value is -8.18. The molecule has 3 heteroatoms. The molecule has 3 aliphatic rings. The van der Waals surface area contributed by atoms with Gasteiger partial charge in [0.1, 0.15) is 0 Å². The first-order valence-corrected chi connectivity index (χ1v) is 30.7. The first kappa shape index (κ1) is 45.7. The summed E-state index contributed by atoms with van der Waals surface area (Å²) in [4.78, 5) is 0. The van der Waals surface area contributed by atoms with Crippen molar-refractivity contribution in [2.75, 3.05) is 0 Å². The molecular formula is C77H52S3. The van der Waals surface area contributed by atoms with Gasteiger partial charge < -0.3 is 0 Å². The normalized spacial score (nSPS) is 15.2. The van der Waals surface area contributed by atoms with Gasteiger partial charge in [-0.15, -0.1) is 34.0 Å². The summed E-state index contributed by atoms with van der Waals surface area (Å²) in [5.41, 5.74) is 24.1. The van der Waals surface area contributed by atoms with Crippen molar-refractivity contribution in [3.63, 3.8) is 0 Å². The molecule has 0 N–H and O–H groups in total. The molecule has 15 aromatic rings. The highest BCUT2D eigenvalue weighted by Gasteiger charge is 2.52. The van der Waals surface area contributed by atoms with E-state index in [-0.39, 0.29) is 16.2 Å². The Labute approximate surface area is 476 Å². The fourth-order valence-corrected chi connectivity index (χ4v) is 19.5. The minimum Gasteiger partial charge on any atom is -0.135 e. The quantitative estimate of drug-likeness (QED) is 0.165. The third kappa shape index (κ3) is 5.75. The Morgan fingerprint density at radius 1 is 0.263 bits per heavy atom. The van der Waals surface area contributed by atoms with Crippen LogP contribution in [0.3, 0.4) is 0 Å². The molecule has 0 spiro atoms. The van der Waals surface area contributed by atoms with E-state index >= 15 is 0 Å². The topological polar surface area (TPSA) is 0 Å². The molecule has 0 radical (unpaired) electrons. The second kappa shape index (κ2) is 15.6. The number of hydrogen-bond donors (Lipinski definition) is 0. The summed E-state index contributed by atoms with van der Waals surface area (Å²) in [5, 5.41) is 13.3. The van der Waals surface area contributed by atoms with E-state index in [0.717, 1.165) is 0 Å². The van der Waals surface area contributed by atoms with Crippen LogP contribution in [0.4, 0.5) is 0 Å². The summed E-state index contributed by atoms with van der Waals surface area (Å²) >= 11 is 5.81. The molecule has 3 aliphatic carbocycles. The zero-order chi connectivity index (χ0) is 53.3. The van der Waals surface area contributed by atoms with Gasteiger partial charge >= 0.3 is 0 Å². The van der Waals surface area contributed by atoms with Gasteiger partial charge in [0.25, 0.3) is 0 Å². The van der Waals surface area contributed by atoms with Gasteiger partial charge in [-0.3, -0.25) is 0 Å². The molecule has 0 bridgehead atoms. The maximum absolute atomic E-state index is 2.60. The van der Waals surface area contributed by atoms with E-state index in [1.54, 1.807) is 0 Å². The lowest BCUT2D eigenvalue weighted by molar-refractivity contribution is 0.636. The summed E-state index contributed by atoms with van der Waals surface area (Å²) in [6.45, 7) is 15.1. The summed E-state index contributed by atoms with van der Waals surface area (Å²) in [6.07, 6.45) is 0. The van der Waals surface area contributed by atoms with E-state index in [1.807, 2.05) is 34.0 Å². The number of benzene rings is 12. The third-order valence-corrected chi connectivity index (χ3v) is 23.0. The Morgan fingerprint density at radius 3 is 1.05 bits per heavy atom. The van der Waals surface area contributed by atoms with Crippen LogP contribution in [0.25, 0.3) is 149 Å². The van der Waals surface area contributed by atoms with Crippen molar-refractivity contribution in [2.24, 2.45) is 0 Å². The van der Waals surface area contributed by atoms with Crippen molar-refractivity contribution in [1.82, 2.24) is 0 Å². The summed E-state index contributed by atoms with van der Waals surface area (Å²) < 4.78 is 8.09. The Morgan fingerprint density at radius 2 is 0.613 bits per heavy atom. The highest BCUT2D eigenvalue weighted by Crippen LogP contribution is 2.68. The molecule has 0 saturated heterocycles. The summed E-state index contributed by atoms with van der Waals surface area (Å²) in [5.74, 6) is 0. The SMILES string of the molecule is CC1(C)c2ccc(-c3cccc4c3sc3ccccc34)cc2-c2c1c1c(c3c2C(C)(C)c2ccc(-c4cccc5c4sc4ccc6ccccc6c45)cc2-3)C(C)(C)c2ccc(-c3cccc4c3sc3ccc5ccccc5c34)cc2-1. The van der Waals surface area contributed by atoms with Gasteiger partial charge in [0.15, 0.2) is 0 Å². The maximum atomic E-state index is 2.60. The lowest BCUT2D eigenvalue weighted by Gasteiger charge is -2.31. The summed E-state index contributed by atoms with van der Waals surface area (Å²) in [6, 6.07) is 79.5.